The fourth-order valence-corrected chi connectivity index (χ4v) is 3.23. The first kappa shape index (κ1) is 22.6. The highest BCUT2D eigenvalue weighted by molar-refractivity contribution is 6.00. The molecule has 10 heteroatoms. The number of esters is 1. The van der Waals surface area contributed by atoms with Crippen LogP contribution in [0.4, 0.5) is 5.69 Å². The summed E-state index contributed by atoms with van der Waals surface area (Å²) in [5.41, 5.74) is 4.07. The van der Waals surface area contributed by atoms with Crippen LogP contribution < -0.4 is 5.43 Å². The Morgan fingerprint density at radius 1 is 1.16 bits per heavy atom. The number of nitrogens with one attached hydrogen (secondary N) is 1. The number of nitrogens with zero attached hydrogens (tertiary/aromatic N) is 2. The molecule has 1 fully saturated rings. The summed E-state index contributed by atoms with van der Waals surface area (Å²) < 4.78 is 5.08. The lowest BCUT2D eigenvalue weighted by atomic mass is 10.0. The summed E-state index contributed by atoms with van der Waals surface area (Å²) >= 11 is 0. The molecule has 0 radical (unpaired) electrons. The van der Waals surface area contributed by atoms with E-state index in [0.717, 1.165) is 16.1 Å². The Bertz CT molecular complexity index is 1110. The lowest BCUT2D eigenvalue weighted by molar-refractivity contribution is -0.385. The number of nitro benzene ring substituents is 1. The van der Waals surface area contributed by atoms with Gasteiger partial charge in [-0.1, -0.05) is 24.3 Å². The normalized spacial score (nSPS) is 15.4. The van der Waals surface area contributed by atoms with E-state index in [1.54, 1.807) is 18.2 Å². The van der Waals surface area contributed by atoms with Crippen molar-refractivity contribution in [2.75, 3.05) is 13.2 Å². The Morgan fingerprint density at radius 2 is 1.88 bits per heavy atom. The van der Waals surface area contributed by atoms with E-state index in [-0.39, 0.29) is 24.3 Å². The van der Waals surface area contributed by atoms with Gasteiger partial charge in [0.2, 0.25) is 5.91 Å². The fourth-order valence-electron chi connectivity index (χ4n) is 3.23. The zero-order chi connectivity index (χ0) is 23.4. The Kier molecular flexibility index (Phi) is 6.62. The zero-order valence-electron chi connectivity index (χ0n) is 17.5. The lowest BCUT2D eigenvalue weighted by Crippen LogP contribution is -2.43. The number of rotatable bonds is 7. The molecule has 32 heavy (non-hydrogen) atoms. The van der Waals surface area contributed by atoms with Crippen LogP contribution in [-0.4, -0.2) is 46.7 Å². The average molecular weight is 439 g/mol. The Labute approximate surface area is 183 Å². The molecule has 0 spiro atoms. The third-order valence-corrected chi connectivity index (χ3v) is 5.21. The van der Waals surface area contributed by atoms with Gasteiger partial charge < -0.3 is 4.74 Å². The second-order valence-corrected chi connectivity index (χ2v) is 7.45. The van der Waals surface area contributed by atoms with Gasteiger partial charge in [0.1, 0.15) is 5.56 Å². The standard InChI is InChI=1S/C22H21N3O7/c1-13-7-8-15(9-14(13)2)19(26)12-32-22(29)16-10-20(27)24(11-16)23-21(28)17-5-3-4-6-18(17)25(30)31/h3-9,16H,10-12H2,1-2H3,(H,23,28)/t16-/m0/s1. The first-order valence-electron chi connectivity index (χ1n) is 9.79. The van der Waals surface area contributed by atoms with Crippen molar-refractivity contribution in [2.45, 2.75) is 20.3 Å². The molecule has 10 nitrogen and oxygen atoms in total. The maximum atomic E-state index is 12.4. The summed E-state index contributed by atoms with van der Waals surface area (Å²) in [5.74, 6) is -3.37. The van der Waals surface area contributed by atoms with Gasteiger partial charge in [-0.05, 0) is 37.1 Å². The quantitative estimate of drug-likeness (QED) is 0.302. The molecule has 166 valence electrons. The van der Waals surface area contributed by atoms with E-state index in [1.807, 2.05) is 13.8 Å². The molecule has 1 saturated heterocycles. The van der Waals surface area contributed by atoms with E-state index < -0.39 is 40.9 Å². The van der Waals surface area contributed by atoms with E-state index in [0.29, 0.717) is 5.56 Å². The molecule has 1 atom stereocenters. The Hall–Kier alpha value is -4.08. The number of hydrogen-bond acceptors (Lipinski definition) is 7. The largest absolute Gasteiger partial charge is 0.457 e. The minimum absolute atomic E-state index is 0.165. The van der Waals surface area contributed by atoms with E-state index in [9.17, 15) is 29.3 Å². The van der Waals surface area contributed by atoms with Crippen LogP contribution in [0.1, 0.15) is 38.3 Å². The summed E-state index contributed by atoms with van der Waals surface area (Å²) in [6.45, 7) is 3.16. The van der Waals surface area contributed by atoms with Crippen molar-refractivity contribution in [3.05, 3.63) is 74.8 Å². The van der Waals surface area contributed by atoms with E-state index in [1.165, 1.54) is 24.3 Å². The predicted molar refractivity (Wildman–Crippen MR) is 112 cm³/mol. The molecule has 0 aromatic heterocycles. The maximum absolute atomic E-state index is 12.4. The summed E-state index contributed by atoms with van der Waals surface area (Å²) in [7, 11) is 0. The molecule has 1 aliphatic heterocycles. The maximum Gasteiger partial charge on any atom is 0.311 e. The third kappa shape index (κ3) is 4.97. The number of nitro groups is 1. The van der Waals surface area contributed by atoms with Crippen LogP contribution in [0.25, 0.3) is 0 Å². The van der Waals surface area contributed by atoms with Crippen molar-refractivity contribution in [3.63, 3.8) is 0 Å². The van der Waals surface area contributed by atoms with Gasteiger partial charge in [0.05, 0.1) is 17.4 Å². The second-order valence-electron chi connectivity index (χ2n) is 7.45. The number of ketones is 1. The van der Waals surface area contributed by atoms with Gasteiger partial charge in [0, 0.05) is 18.1 Å². The van der Waals surface area contributed by atoms with Gasteiger partial charge in [-0.2, -0.15) is 0 Å². The number of carbonyl (C=O) groups excluding carboxylic acids is 4. The van der Waals surface area contributed by atoms with Crippen molar-refractivity contribution in [3.8, 4) is 0 Å². The lowest BCUT2D eigenvalue weighted by Gasteiger charge is -2.17. The van der Waals surface area contributed by atoms with Gasteiger partial charge in [-0.3, -0.25) is 39.7 Å². The molecule has 1 heterocycles. The minimum atomic E-state index is -0.874. The number of Topliss-reactive ketones (excluding diaryl/α,β-unsaturated/α-hetero) is 1. The van der Waals surface area contributed by atoms with Crippen LogP contribution in [0.3, 0.4) is 0 Å². The molecule has 0 bridgehead atoms. The van der Waals surface area contributed by atoms with Crippen molar-refractivity contribution in [2.24, 2.45) is 5.92 Å². The number of ether oxygens (including phenoxy) is 1. The number of benzene rings is 2. The van der Waals surface area contributed by atoms with Crippen LogP contribution in [0, 0.1) is 29.9 Å². The Morgan fingerprint density at radius 3 is 2.56 bits per heavy atom. The minimum Gasteiger partial charge on any atom is -0.457 e. The van der Waals surface area contributed by atoms with Crippen molar-refractivity contribution in [1.29, 1.82) is 0 Å². The van der Waals surface area contributed by atoms with Crippen molar-refractivity contribution < 1.29 is 28.8 Å². The number of aryl methyl sites for hydroxylation is 2. The van der Waals surface area contributed by atoms with Crippen LogP contribution >= 0.6 is 0 Å². The Balaban J connectivity index is 1.57. The predicted octanol–water partition coefficient (Wildman–Crippen LogP) is 2.13. The molecule has 2 aromatic carbocycles. The highest BCUT2D eigenvalue weighted by Gasteiger charge is 2.37. The SMILES string of the molecule is Cc1ccc(C(=O)COC(=O)[C@H]2CC(=O)N(NC(=O)c3ccccc3[N+](=O)[O-])C2)cc1C. The van der Waals surface area contributed by atoms with Crippen LogP contribution in [0.5, 0.6) is 0 Å². The third-order valence-electron chi connectivity index (χ3n) is 5.21. The molecule has 1 N–H and O–H groups in total. The van der Waals surface area contributed by atoms with Gasteiger partial charge in [0.15, 0.2) is 12.4 Å². The first-order chi connectivity index (χ1) is 15.2. The van der Waals surface area contributed by atoms with Crippen LogP contribution in [-0.2, 0) is 14.3 Å². The summed E-state index contributed by atoms with van der Waals surface area (Å²) in [4.78, 5) is 59.6. The van der Waals surface area contributed by atoms with Crippen LogP contribution in [0.2, 0.25) is 0 Å². The smallest absolute Gasteiger partial charge is 0.311 e. The molecular formula is C22H21N3O7. The molecular weight excluding hydrogens is 418 g/mol. The number of amides is 2. The molecule has 0 saturated carbocycles. The van der Waals surface area contributed by atoms with E-state index >= 15 is 0 Å². The molecule has 0 unspecified atom stereocenters. The highest BCUT2D eigenvalue weighted by atomic mass is 16.6. The molecule has 3 rings (SSSR count). The van der Waals surface area contributed by atoms with Gasteiger partial charge in [-0.15, -0.1) is 0 Å². The van der Waals surface area contributed by atoms with E-state index in [2.05, 4.69) is 5.43 Å². The fraction of sp³-hybridized carbons (Fsp3) is 0.273. The van der Waals surface area contributed by atoms with Gasteiger partial charge in [0.25, 0.3) is 11.6 Å². The van der Waals surface area contributed by atoms with Gasteiger partial charge in [-0.25, -0.2) is 0 Å². The summed E-state index contributed by atoms with van der Waals surface area (Å²) in [5, 5.41) is 12.0. The van der Waals surface area contributed by atoms with E-state index in [4.69, 9.17) is 4.74 Å². The second kappa shape index (κ2) is 9.38. The zero-order valence-corrected chi connectivity index (χ0v) is 17.5. The van der Waals surface area contributed by atoms with Crippen molar-refractivity contribution in [1.82, 2.24) is 10.4 Å². The number of hydrazine groups is 1. The number of carbonyl (C=O) groups is 4. The average Bonchev–Trinajstić information content (AvgIpc) is 3.13. The number of hydrogen-bond donors (Lipinski definition) is 1. The molecule has 2 amide bonds. The van der Waals surface area contributed by atoms with Crippen molar-refractivity contribution >= 4 is 29.3 Å². The number of para-hydroxylation sites is 1. The summed E-state index contributed by atoms with van der Waals surface area (Å²) in [6, 6.07) is 10.5. The van der Waals surface area contributed by atoms with Gasteiger partial charge >= 0.3 is 5.97 Å². The first-order valence-corrected chi connectivity index (χ1v) is 9.79. The molecule has 1 aliphatic rings. The molecule has 2 aromatic rings. The monoisotopic (exact) mass is 439 g/mol. The summed E-state index contributed by atoms with van der Waals surface area (Å²) in [6.07, 6.45) is -0.214. The van der Waals surface area contributed by atoms with Crippen LogP contribution in [0.15, 0.2) is 42.5 Å². The highest BCUT2D eigenvalue weighted by Crippen LogP contribution is 2.21. The molecule has 0 aliphatic carbocycles. The topological polar surface area (TPSA) is 136 Å².